The van der Waals surface area contributed by atoms with E-state index >= 15 is 0 Å². The molecule has 0 unspecified atom stereocenters. The second kappa shape index (κ2) is 8.35. The first-order chi connectivity index (χ1) is 12.5. The minimum absolute atomic E-state index is 0.225. The van der Waals surface area contributed by atoms with Gasteiger partial charge in [-0.15, -0.1) is 13.2 Å². The van der Waals surface area contributed by atoms with Crippen LogP contribution in [0.5, 0.6) is 5.75 Å². The highest BCUT2D eigenvalue weighted by atomic mass is 32.2. The van der Waals surface area contributed by atoms with Crippen molar-refractivity contribution >= 4 is 21.6 Å². The van der Waals surface area contributed by atoms with Gasteiger partial charge in [0, 0.05) is 18.7 Å². The highest BCUT2D eigenvalue weighted by Crippen LogP contribution is 2.23. The van der Waals surface area contributed by atoms with Gasteiger partial charge in [0.2, 0.25) is 15.9 Å². The lowest BCUT2D eigenvalue weighted by molar-refractivity contribution is -0.274. The standard InChI is InChI=1S/C16H14F4N2O4S/c17-11-2-1-3-12(10-11)22-15(23)8-9-21-27(24,25)14-6-4-13(5-7-14)26-16(18,19)20/h1-7,10,21H,8-9H2,(H,22,23). The average Bonchev–Trinajstić information content (AvgIpc) is 2.53. The third-order valence-electron chi connectivity index (χ3n) is 3.12. The quantitative estimate of drug-likeness (QED) is 0.693. The van der Waals surface area contributed by atoms with Gasteiger partial charge in [-0.2, -0.15) is 0 Å². The fraction of sp³-hybridized carbons (Fsp3) is 0.188. The zero-order valence-corrected chi connectivity index (χ0v) is 14.4. The Morgan fingerprint density at radius 3 is 2.33 bits per heavy atom. The molecule has 0 heterocycles. The topological polar surface area (TPSA) is 84.5 Å². The molecular weight excluding hydrogens is 392 g/mol. The van der Waals surface area contributed by atoms with Crippen molar-refractivity contribution in [3.63, 3.8) is 0 Å². The number of halogens is 4. The van der Waals surface area contributed by atoms with E-state index < -0.39 is 33.9 Å². The molecule has 0 spiro atoms. The zero-order valence-electron chi connectivity index (χ0n) is 13.6. The van der Waals surface area contributed by atoms with Crippen LogP contribution >= 0.6 is 0 Å². The van der Waals surface area contributed by atoms with E-state index in [1.807, 2.05) is 0 Å². The molecule has 2 aromatic carbocycles. The molecule has 6 nitrogen and oxygen atoms in total. The van der Waals surface area contributed by atoms with Gasteiger partial charge in [0.1, 0.15) is 11.6 Å². The van der Waals surface area contributed by atoms with Crippen LogP contribution in [0.25, 0.3) is 0 Å². The Labute approximate surface area is 152 Å². The molecule has 11 heteroatoms. The molecule has 0 aliphatic heterocycles. The number of rotatable bonds is 7. The molecule has 0 fully saturated rings. The minimum atomic E-state index is -4.88. The SMILES string of the molecule is O=C(CCNS(=O)(=O)c1ccc(OC(F)(F)F)cc1)Nc1cccc(F)c1. The molecule has 0 atom stereocenters. The van der Waals surface area contributed by atoms with Crippen LogP contribution in [0.3, 0.4) is 0 Å². The fourth-order valence-electron chi connectivity index (χ4n) is 1.99. The molecule has 146 valence electrons. The number of amides is 1. The van der Waals surface area contributed by atoms with Gasteiger partial charge in [-0.25, -0.2) is 17.5 Å². The summed E-state index contributed by atoms with van der Waals surface area (Å²) in [7, 11) is -4.02. The van der Waals surface area contributed by atoms with Gasteiger partial charge in [0.05, 0.1) is 4.90 Å². The van der Waals surface area contributed by atoms with Gasteiger partial charge >= 0.3 is 6.36 Å². The molecule has 2 aromatic rings. The fourth-order valence-corrected chi connectivity index (χ4v) is 3.02. The monoisotopic (exact) mass is 406 g/mol. The Balaban J connectivity index is 1.88. The van der Waals surface area contributed by atoms with E-state index in [-0.39, 0.29) is 23.5 Å². The van der Waals surface area contributed by atoms with E-state index in [4.69, 9.17) is 0 Å². The van der Waals surface area contributed by atoms with E-state index in [0.29, 0.717) is 0 Å². The maximum atomic E-state index is 13.0. The Morgan fingerprint density at radius 1 is 1.07 bits per heavy atom. The first-order valence-corrected chi connectivity index (χ1v) is 8.94. The summed E-state index contributed by atoms with van der Waals surface area (Å²) in [5.41, 5.74) is 0.225. The maximum Gasteiger partial charge on any atom is 0.573 e. The van der Waals surface area contributed by atoms with Crippen molar-refractivity contribution in [1.82, 2.24) is 4.72 Å². The summed E-state index contributed by atoms with van der Waals surface area (Å²) in [4.78, 5) is 11.4. The minimum Gasteiger partial charge on any atom is -0.406 e. The van der Waals surface area contributed by atoms with Crippen LogP contribution in [0.4, 0.5) is 23.2 Å². The predicted octanol–water partition coefficient (Wildman–Crippen LogP) is 3.03. The molecule has 27 heavy (non-hydrogen) atoms. The molecule has 2 rings (SSSR count). The Kier molecular flexibility index (Phi) is 6.39. The van der Waals surface area contributed by atoms with Crippen LogP contribution in [-0.2, 0) is 14.8 Å². The summed E-state index contributed by atoms with van der Waals surface area (Å²) < 4.78 is 79.2. The first kappa shape index (κ1) is 20.6. The molecule has 2 N–H and O–H groups in total. The lowest BCUT2D eigenvalue weighted by Crippen LogP contribution is -2.27. The number of sulfonamides is 1. The molecule has 0 saturated carbocycles. The van der Waals surface area contributed by atoms with E-state index in [2.05, 4.69) is 14.8 Å². The Hall–Kier alpha value is -2.66. The third-order valence-corrected chi connectivity index (χ3v) is 4.60. The van der Waals surface area contributed by atoms with Crippen LogP contribution in [0.2, 0.25) is 0 Å². The second-order valence-corrected chi connectivity index (χ2v) is 6.99. The molecule has 0 bridgehead atoms. The zero-order chi connectivity index (χ0) is 20.1. The largest absolute Gasteiger partial charge is 0.573 e. The summed E-state index contributed by atoms with van der Waals surface area (Å²) in [6, 6.07) is 8.78. The van der Waals surface area contributed by atoms with Crippen molar-refractivity contribution in [3.8, 4) is 5.75 Å². The number of hydrogen-bond acceptors (Lipinski definition) is 4. The summed E-state index contributed by atoms with van der Waals surface area (Å²) in [5.74, 6) is -1.64. The molecule has 0 radical (unpaired) electrons. The van der Waals surface area contributed by atoms with Crippen molar-refractivity contribution in [2.24, 2.45) is 0 Å². The van der Waals surface area contributed by atoms with E-state index in [1.54, 1.807) is 0 Å². The Bertz CT molecular complexity index is 899. The van der Waals surface area contributed by atoms with E-state index in [0.717, 1.165) is 30.3 Å². The third kappa shape index (κ3) is 6.87. The molecule has 0 aliphatic carbocycles. The smallest absolute Gasteiger partial charge is 0.406 e. The first-order valence-electron chi connectivity index (χ1n) is 7.46. The van der Waals surface area contributed by atoms with E-state index in [1.165, 1.54) is 18.2 Å². The summed E-state index contributed by atoms with van der Waals surface area (Å²) in [6.07, 6.45) is -5.11. The molecule has 1 amide bonds. The average molecular weight is 406 g/mol. The van der Waals surface area contributed by atoms with E-state index in [9.17, 15) is 30.8 Å². The highest BCUT2D eigenvalue weighted by molar-refractivity contribution is 7.89. The molecule has 0 aliphatic rings. The number of carbonyl (C=O) groups excluding carboxylic acids is 1. The normalized spacial score (nSPS) is 11.9. The lowest BCUT2D eigenvalue weighted by atomic mass is 10.3. The van der Waals surface area contributed by atoms with Crippen molar-refractivity contribution in [3.05, 3.63) is 54.3 Å². The van der Waals surface area contributed by atoms with Gasteiger partial charge in [-0.3, -0.25) is 4.79 Å². The summed E-state index contributed by atoms with van der Waals surface area (Å²) >= 11 is 0. The van der Waals surface area contributed by atoms with Crippen LogP contribution in [-0.4, -0.2) is 27.2 Å². The predicted molar refractivity (Wildman–Crippen MR) is 88.0 cm³/mol. The maximum absolute atomic E-state index is 13.0. The second-order valence-electron chi connectivity index (χ2n) is 5.23. The van der Waals surface area contributed by atoms with Crippen LogP contribution in [0.15, 0.2) is 53.4 Å². The van der Waals surface area contributed by atoms with Crippen molar-refractivity contribution in [1.29, 1.82) is 0 Å². The number of nitrogens with one attached hydrogen (secondary N) is 2. The summed E-state index contributed by atoms with van der Waals surface area (Å²) in [6.45, 7) is -0.260. The van der Waals surface area contributed by atoms with Gasteiger partial charge in [0.15, 0.2) is 0 Å². The summed E-state index contributed by atoms with van der Waals surface area (Å²) in [5, 5.41) is 2.40. The lowest BCUT2D eigenvalue weighted by Gasteiger charge is -2.10. The number of anilines is 1. The number of alkyl halides is 3. The number of hydrogen-bond donors (Lipinski definition) is 2. The van der Waals surface area contributed by atoms with Crippen LogP contribution < -0.4 is 14.8 Å². The number of benzene rings is 2. The Morgan fingerprint density at radius 2 is 1.74 bits per heavy atom. The molecular formula is C16H14F4N2O4S. The van der Waals surface area contributed by atoms with Crippen LogP contribution in [0, 0.1) is 5.82 Å². The van der Waals surface area contributed by atoms with Crippen LogP contribution in [0.1, 0.15) is 6.42 Å². The van der Waals surface area contributed by atoms with Crippen molar-refractivity contribution in [2.75, 3.05) is 11.9 Å². The molecule has 0 aromatic heterocycles. The van der Waals surface area contributed by atoms with Gasteiger partial charge in [-0.1, -0.05) is 6.07 Å². The van der Waals surface area contributed by atoms with Crippen molar-refractivity contribution in [2.45, 2.75) is 17.7 Å². The highest BCUT2D eigenvalue weighted by Gasteiger charge is 2.31. The number of carbonyl (C=O) groups is 1. The van der Waals surface area contributed by atoms with Gasteiger partial charge in [0.25, 0.3) is 0 Å². The van der Waals surface area contributed by atoms with Gasteiger partial charge < -0.3 is 10.1 Å². The molecule has 0 saturated heterocycles. The van der Waals surface area contributed by atoms with Gasteiger partial charge in [-0.05, 0) is 42.5 Å². The number of ether oxygens (including phenoxy) is 1. The van der Waals surface area contributed by atoms with Crippen molar-refractivity contribution < 1.29 is 35.5 Å².